The fourth-order valence-electron chi connectivity index (χ4n) is 3.11. The van der Waals surface area contributed by atoms with Gasteiger partial charge in [-0.1, -0.05) is 30.2 Å². The zero-order chi connectivity index (χ0) is 15.9. The second-order valence-corrected chi connectivity index (χ2v) is 6.34. The van der Waals surface area contributed by atoms with Crippen molar-refractivity contribution in [1.29, 1.82) is 0 Å². The highest BCUT2D eigenvalue weighted by atomic mass is 35.5. The molecule has 1 aromatic carbocycles. The number of hydrogen-bond acceptors (Lipinski definition) is 2. The van der Waals surface area contributed by atoms with Crippen LogP contribution in [0.25, 0.3) is 0 Å². The van der Waals surface area contributed by atoms with Gasteiger partial charge in [-0.2, -0.15) is 0 Å². The fourth-order valence-corrected chi connectivity index (χ4v) is 3.39. The Balaban J connectivity index is 0.00000264. The molecule has 1 fully saturated rings. The predicted octanol–water partition coefficient (Wildman–Crippen LogP) is 4.90. The quantitative estimate of drug-likeness (QED) is 0.549. The van der Waals surface area contributed by atoms with Crippen molar-refractivity contribution in [2.75, 3.05) is 26.2 Å². The molecular weight excluding hydrogens is 334 g/mol. The van der Waals surface area contributed by atoms with E-state index in [9.17, 15) is 4.39 Å². The number of aryl methyl sites for hydroxylation is 1. The van der Waals surface area contributed by atoms with Crippen LogP contribution in [0.1, 0.15) is 42.9 Å². The van der Waals surface area contributed by atoms with E-state index < -0.39 is 0 Å². The average molecular weight is 361 g/mol. The smallest absolute Gasteiger partial charge is 0.129 e. The minimum absolute atomic E-state index is 0. The molecule has 0 bridgehead atoms. The minimum Gasteiger partial charge on any atom is -0.314 e. The second-order valence-electron chi connectivity index (χ2n) is 5.97. The summed E-state index contributed by atoms with van der Waals surface area (Å²) in [7, 11) is 0. The summed E-state index contributed by atoms with van der Waals surface area (Å²) in [5, 5.41) is 3.95. The molecule has 1 N–H and O–H groups in total. The summed E-state index contributed by atoms with van der Waals surface area (Å²) >= 11 is 6.45. The first-order chi connectivity index (χ1) is 10.6. The molecule has 1 saturated heterocycles. The Labute approximate surface area is 150 Å². The molecule has 0 amide bonds. The molecule has 0 unspecified atom stereocenters. The Bertz CT molecular complexity index is 502. The molecule has 1 aromatic rings. The Morgan fingerprint density at radius 3 is 2.70 bits per heavy atom. The standard InChI is InChI=1S/C18H26ClFN2.ClH/c1-3-4-5-6-7-16(22-12-10-21-11-13-22)17-15(20)9-8-14(2)18(17)19;/h3,8-9,16,21H,1,4-7,10-13H2,2H3;1H/t16-;/m0./s1. The first kappa shape index (κ1) is 20.4. The average Bonchev–Trinajstić information content (AvgIpc) is 2.54. The Hall–Kier alpha value is -0.610. The number of hydrogen-bond donors (Lipinski definition) is 1. The van der Waals surface area contributed by atoms with E-state index in [1.54, 1.807) is 12.1 Å². The fraction of sp³-hybridized carbons (Fsp3) is 0.556. The molecule has 130 valence electrons. The van der Waals surface area contributed by atoms with Crippen molar-refractivity contribution in [3.63, 3.8) is 0 Å². The largest absolute Gasteiger partial charge is 0.314 e. The van der Waals surface area contributed by atoms with Crippen LogP contribution in [-0.2, 0) is 0 Å². The van der Waals surface area contributed by atoms with Crippen LogP contribution in [0.5, 0.6) is 0 Å². The maximum atomic E-state index is 14.5. The van der Waals surface area contributed by atoms with Crippen molar-refractivity contribution in [2.45, 2.75) is 38.6 Å². The van der Waals surface area contributed by atoms with Crippen LogP contribution in [0.15, 0.2) is 24.8 Å². The lowest BCUT2D eigenvalue weighted by molar-refractivity contribution is 0.160. The second kappa shape index (κ2) is 10.3. The SMILES string of the molecule is C=CCCCC[C@@H](c1c(F)ccc(C)c1Cl)N1CCNCC1.Cl. The highest BCUT2D eigenvalue weighted by molar-refractivity contribution is 6.32. The number of piperazine rings is 1. The molecule has 1 atom stereocenters. The first-order valence-electron chi connectivity index (χ1n) is 8.15. The highest BCUT2D eigenvalue weighted by Gasteiger charge is 2.26. The molecule has 2 rings (SSSR count). The predicted molar refractivity (Wildman–Crippen MR) is 99.2 cm³/mol. The van der Waals surface area contributed by atoms with Gasteiger partial charge in [0.05, 0.1) is 5.02 Å². The molecule has 0 aromatic heterocycles. The van der Waals surface area contributed by atoms with Crippen molar-refractivity contribution in [3.05, 3.63) is 46.8 Å². The van der Waals surface area contributed by atoms with Gasteiger partial charge in [-0.05, 0) is 37.8 Å². The molecule has 5 heteroatoms. The van der Waals surface area contributed by atoms with Crippen LogP contribution < -0.4 is 5.32 Å². The summed E-state index contributed by atoms with van der Waals surface area (Å²) in [6.07, 6.45) is 6.05. The number of unbranched alkanes of at least 4 members (excludes halogenated alkanes) is 2. The lowest BCUT2D eigenvalue weighted by atomic mass is 9.96. The summed E-state index contributed by atoms with van der Waals surface area (Å²) in [6, 6.07) is 3.38. The molecule has 2 nitrogen and oxygen atoms in total. The molecule has 1 aliphatic heterocycles. The van der Waals surface area contributed by atoms with Crippen molar-refractivity contribution < 1.29 is 4.39 Å². The Morgan fingerprint density at radius 1 is 1.35 bits per heavy atom. The van der Waals surface area contributed by atoms with E-state index in [1.807, 2.05) is 13.0 Å². The van der Waals surface area contributed by atoms with Crippen molar-refractivity contribution >= 4 is 24.0 Å². The lowest BCUT2D eigenvalue weighted by Gasteiger charge is -2.36. The van der Waals surface area contributed by atoms with Crippen molar-refractivity contribution in [3.8, 4) is 0 Å². The number of nitrogens with one attached hydrogen (secondary N) is 1. The van der Waals surface area contributed by atoms with Gasteiger partial charge in [0.2, 0.25) is 0 Å². The maximum absolute atomic E-state index is 14.5. The van der Waals surface area contributed by atoms with E-state index in [-0.39, 0.29) is 24.3 Å². The van der Waals surface area contributed by atoms with Crippen LogP contribution in [0.2, 0.25) is 5.02 Å². The van der Waals surface area contributed by atoms with Crippen LogP contribution in [0.3, 0.4) is 0 Å². The van der Waals surface area contributed by atoms with E-state index in [0.29, 0.717) is 10.6 Å². The van der Waals surface area contributed by atoms with Crippen molar-refractivity contribution in [2.24, 2.45) is 0 Å². The van der Waals surface area contributed by atoms with Gasteiger partial charge in [0.15, 0.2) is 0 Å². The lowest BCUT2D eigenvalue weighted by Crippen LogP contribution is -2.45. The van der Waals surface area contributed by atoms with Gasteiger partial charge in [-0.3, -0.25) is 4.90 Å². The van der Waals surface area contributed by atoms with E-state index in [0.717, 1.165) is 57.4 Å². The van der Waals surface area contributed by atoms with Crippen LogP contribution in [0.4, 0.5) is 4.39 Å². The summed E-state index contributed by atoms with van der Waals surface area (Å²) in [4.78, 5) is 2.37. The summed E-state index contributed by atoms with van der Waals surface area (Å²) in [5.41, 5.74) is 1.63. The molecule has 0 radical (unpaired) electrons. The van der Waals surface area contributed by atoms with Gasteiger partial charge in [0.1, 0.15) is 5.82 Å². The molecule has 0 spiro atoms. The van der Waals surface area contributed by atoms with Crippen LogP contribution in [-0.4, -0.2) is 31.1 Å². The number of nitrogens with zero attached hydrogens (tertiary/aromatic N) is 1. The monoisotopic (exact) mass is 360 g/mol. The minimum atomic E-state index is -0.178. The number of halogens is 3. The van der Waals surface area contributed by atoms with Crippen LogP contribution in [0, 0.1) is 12.7 Å². The maximum Gasteiger partial charge on any atom is 0.129 e. The first-order valence-corrected chi connectivity index (χ1v) is 8.53. The van der Waals surface area contributed by atoms with Gasteiger partial charge in [-0.15, -0.1) is 19.0 Å². The van der Waals surface area contributed by atoms with Gasteiger partial charge in [-0.25, -0.2) is 4.39 Å². The Kier molecular flexibility index (Phi) is 9.15. The third-order valence-electron chi connectivity index (χ3n) is 4.38. The number of rotatable bonds is 7. The topological polar surface area (TPSA) is 15.3 Å². The van der Waals surface area contributed by atoms with E-state index in [4.69, 9.17) is 11.6 Å². The molecule has 0 aliphatic carbocycles. The van der Waals surface area contributed by atoms with Crippen LogP contribution >= 0.6 is 24.0 Å². The normalized spacial score (nSPS) is 16.7. The van der Waals surface area contributed by atoms with E-state index in [2.05, 4.69) is 16.8 Å². The van der Waals surface area contributed by atoms with Gasteiger partial charge < -0.3 is 5.32 Å². The third kappa shape index (κ3) is 5.46. The molecule has 0 saturated carbocycles. The van der Waals surface area contributed by atoms with E-state index in [1.165, 1.54) is 0 Å². The van der Waals surface area contributed by atoms with Gasteiger partial charge in [0, 0.05) is 37.8 Å². The zero-order valence-corrected chi connectivity index (χ0v) is 15.4. The molecular formula is C18H27Cl2FN2. The number of allylic oxidation sites excluding steroid dienone is 1. The molecule has 23 heavy (non-hydrogen) atoms. The summed E-state index contributed by atoms with van der Waals surface area (Å²) < 4.78 is 14.5. The molecule has 1 heterocycles. The third-order valence-corrected chi connectivity index (χ3v) is 4.88. The molecule has 1 aliphatic rings. The van der Waals surface area contributed by atoms with Gasteiger partial charge >= 0.3 is 0 Å². The van der Waals surface area contributed by atoms with E-state index >= 15 is 0 Å². The summed E-state index contributed by atoms with van der Waals surface area (Å²) in [5.74, 6) is -0.178. The zero-order valence-electron chi connectivity index (χ0n) is 13.8. The Morgan fingerprint density at radius 2 is 2.04 bits per heavy atom. The highest BCUT2D eigenvalue weighted by Crippen LogP contribution is 2.35. The van der Waals surface area contributed by atoms with Crippen molar-refractivity contribution in [1.82, 2.24) is 10.2 Å². The number of benzene rings is 1. The summed E-state index contributed by atoms with van der Waals surface area (Å²) in [6.45, 7) is 9.49. The van der Waals surface area contributed by atoms with Gasteiger partial charge in [0.25, 0.3) is 0 Å².